The van der Waals surface area contributed by atoms with Gasteiger partial charge in [-0.25, -0.2) is 0 Å². The first-order valence-corrected chi connectivity index (χ1v) is 7.90. The van der Waals surface area contributed by atoms with Gasteiger partial charge in [-0.05, 0) is 48.4 Å². The molecule has 0 aliphatic heterocycles. The van der Waals surface area contributed by atoms with E-state index in [1.54, 1.807) is 7.11 Å². The van der Waals surface area contributed by atoms with Gasteiger partial charge < -0.3 is 13.6 Å². The third-order valence-corrected chi connectivity index (χ3v) is 4.38. The van der Waals surface area contributed by atoms with Crippen molar-refractivity contribution < 1.29 is 13.9 Å². The van der Waals surface area contributed by atoms with Gasteiger partial charge in [0.05, 0.1) is 12.8 Å². The molecule has 4 aromatic rings. The molecule has 0 spiro atoms. The van der Waals surface area contributed by atoms with Gasteiger partial charge in [0.1, 0.15) is 17.1 Å². The van der Waals surface area contributed by atoms with Gasteiger partial charge in [-0.2, -0.15) is 0 Å². The van der Waals surface area contributed by atoms with Crippen LogP contribution in [0.5, 0.6) is 5.75 Å². The minimum atomic E-state index is 0.603. The normalized spacial score (nSPS) is 11.2. The Kier molecular flexibility index (Phi) is 3.38. The molecule has 3 aromatic heterocycles. The number of methoxy groups -OCH3 is 1. The zero-order valence-corrected chi connectivity index (χ0v) is 13.6. The standard InChI is InChI=1S/C20H17NO3/c1-3-13-4-5-15-10-17(18(12-22)21(15)11-13)20-9-14-8-16(23-2)6-7-19(14)24-20/h4-12H,3H2,1-2H3. The van der Waals surface area contributed by atoms with Crippen LogP contribution in [0.3, 0.4) is 0 Å². The average molecular weight is 319 g/mol. The quantitative estimate of drug-likeness (QED) is 0.510. The minimum absolute atomic E-state index is 0.603. The molecule has 1 aromatic carbocycles. The molecule has 0 N–H and O–H groups in total. The lowest BCUT2D eigenvalue weighted by Gasteiger charge is -2.01. The van der Waals surface area contributed by atoms with Gasteiger partial charge in [0, 0.05) is 22.7 Å². The van der Waals surface area contributed by atoms with Gasteiger partial charge in [0.15, 0.2) is 6.29 Å². The van der Waals surface area contributed by atoms with E-state index < -0.39 is 0 Å². The molecule has 0 amide bonds. The van der Waals surface area contributed by atoms with Crippen LogP contribution in [0, 0.1) is 0 Å². The molecule has 0 saturated carbocycles. The Hall–Kier alpha value is -3.01. The van der Waals surface area contributed by atoms with E-state index in [1.165, 1.54) is 5.56 Å². The van der Waals surface area contributed by atoms with Crippen molar-refractivity contribution in [3.05, 3.63) is 59.9 Å². The molecule has 0 radical (unpaired) electrons. The van der Waals surface area contributed by atoms with Crippen LogP contribution in [0.15, 0.2) is 53.1 Å². The molecule has 3 heterocycles. The van der Waals surface area contributed by atoms with Crippen molar-refractivity contribution in [1.82, 2.24) is 4.40 Å². The van der Waals surface area contributed by atoms with E-state index in [2.05, 4.69) is 13.0 Å². The summed E-state index contributed by atoms with van der Waals surface area (Å²) in [6.07, 6.45) is 3.82. The van der Waals surface area contributed by atoms with Crippen LogP contribution < -0.4 is 4.74 Å². The first-order valence-electron chi connectivity index (χ1n) is 7.90. The minimum Gasteiger partial charge on any atom is -0.497 e. The Bertz CT molecular complexity index is 1060. The number of pyridine rings is 1. The summed E-state index contributed by atoms with van der Waals surface area (Å²) >= 11 is 0. The molecule has 4 nitrogen and oxygen atoms in total. The zero-order chi connectivity index (χ0) is 16.7. The number of aromatic nitrogens is 1. The summed E-state index contributed by atoms with van der Waals surface area (Å²) in [5.74, 6) is 1.46. The summed E-state index contributed by atoms with van der Waals surface area (Å²) in [6, 6.07) is 13.7. The molecule has 0 bridgehead atoms. The molecule has 4 heteroatoms. The summed E-state index contributed by atoms with van der Waals surface area (Å²) < 4.78 is 13.1. The predicted octanol–water partition coefficient (Wildman–Crippen LogP) is 4.74. The number of ether oxygens (including phenoxy) is 1. The fourth-order valence-electron chi connectivity index (χ4n) is 3.04. The number of hydrogen-bond donors (Lipinski definition) is 0. The average Bonchev–Trinajstić information content (AvgIpc) is 3.20. The highest BCUT2D eigenvalue weighted by Gasteiger charge is 2.16. The second-order valence-corrected chi connectivity index (χ2v) is 5.76. The Morgan fingerprint density at radius 3 is 2.79 bits per heavy atom. The van der Waals surface area contributed by atoms with E-state index in [-0.39, 0.29) is 0 Å². The number of fused-ring (bicyclic) bond motifs is 2. The molecule has 4 rings (SSSR count). The fourth-order valence-corrected chi connectivity index (χ4v) is 3.04. The van der Waals surface area contributed by atoms with Crippen LogP contribution in [0.4, 0.5) is 0 Å². The van der Waals surface area contributed by atoms with Crippen molar-refractivity contribution in [1.29, 1.82) is 0 Å². The third-order valence-electron chi connectivity index (χ3n) is 4.38. The van der Waals surface area contributed by atoms with Crippen LogP contribution in [-0.2, 0) is 6.42 Å². The van der Waals surface area contributed by atoms with Crippen LogP contribution in [0.2, 0.25) is 0 Å². The lowest BCUT2D eigenvalue weighted by Crippen LogP contribution is -1.94. The van der Waals surface area contributed by atoms with E-state index >= 15 is 0 Å². The molecule has 0 aliphatic carbocycles. The molecular formula is C20H17NO3. The van der Waals surface area contributed by atoms with Crippen LogP contribution in [-0.4, -0.2) is 17.8 Å². The number of nitrogens with zero attached hydrogens (tertiary/aromatic N) is 1. The third kappa shape index (κ3) is 2.19. The largest absolute Gasteiger partial charge is 0.497 e. The van der Waals surface area contributed by atoms with Crippen molar-refractivity contribution in [2.75, 3.05) is 7.11 Å². The van der Waals surface area contributed by atoms with Crippen molar-refractivity contribution in [3.8, 4) is 17.1 Å². The second kappa shape index (κ2) is 5.57. The van der Waals surface area contributed by atoms with Gasteiger partial charge in [0.2, 0.25) is 0 Å². The molecule has 120 valence electrons. The smallest absolute Gasteiger partial charge is 0.167 e. The summed E-state index contributed by atoms with van der Waals surface area (Å²) in [5.41, 5.74) is 4.33. The van der Waals surface area contributed by atoms with E-state index in [1.807, 2.05) is 47.0 Å². The Morgan fingerprint density at radius 2 is 2.04 bits per heavy atom. The maximum Gasteiger partial charge on any atom is 0.167 e. The molecular weight excluding hydrogens is 302 g/mol. The number of rotatable bonds is 4. The lowest BCUT2D eigenvalue weighted by atomic mass is 10.1. The summed E-state index contributed by atoms with van der Waals surface area (Å²) in [6.45, 7) is 2.10. The fraction of sp³-hybridized carbons (Fsp3) is 0.150. The highest BCUT2D eigenvalue weighted by atomic mass is 16.5. The maximum absolute atomic E-state index is 11.7. The van der Waals surface area contributed by atoms with Crippen LogP contribution in [0.1, 0.15) is 23.0 Å². The summed E-state index contributed by atoms with van der Waals surface area (Å²) in [7, 11) is 1.64. The second-order valence-electron chi connectivity index (χ2n) is 5.76. The number of benzene rings is 1. The maximum atomic E-state index is 11.7. The monoisotopic (exact) mass is 319 g/mol. The molecule has 24 heavy (non-hydrogen) atoms. The number of hydrogen-bond acceptors (Lipinski definition) is 3. The SMILES string of the molecule is CCc1ccc2cc(-c3cc4cc(OC)ccc4o3)c(C=O)n2c1. The van der Waals surface area contributed by atoms with Crippen LogP contribution in [0.25, 0.3) is 27.8 Å². The lowest BCUT2D eigenvalue weighted by molar-refractivity contribution is 0.111. The van der Waals surface area contributed by atoms with Gasteiger partial charge >= 0.3 is 0 Å². The van der Waals surface area contributed by atoms with Crippen molar-refractivity contribution in [2.24, 2.45) is 0 Å². The molecule has 0 aliphatic rings. The number of carbonyl (C=O) groups is 1. The van der Waals surface area contributed by atoms with Crippen molar-refractivity contribution >= 4 is 22.8 Å². The molecule has 0 atom stereocenters. The highest BCUT2D eigenvalue weighted by Crippen LogP contribution is 2.33. The number of aryl methyl sites for hydroxylation is 1. The van der Waals surface area contributed by atoms with Crippen molar-refractivity contribution in [3.63, 3.8) is 0 Å². The van der Waals surface area contributed by atoms with Gasteiger partial charge in [-0.15, -0.1) is 0 Å². The van der Waals surface area contributed by atoms with E-state index in [9.17, 15) is 4.79 Å². The topological polar surface area (TPSA) is 43.8 Å². The molecule has 0 unspecified atom stereocenters. The highest BCUT2D eigenvalue weighted by molar-refractivity contribution is 5.92. The Labute approximate surface area is 139 Å². The van der Waals surface area contributed by atoms with Crippen molar-refractivity contribution in [2.45, 2.75) is 13.3 Å². The molecule has 0 saturated heterocycles. The van der Waals surface area contributed by atoms with Gasteiger partial charge in [0.25, 0.3) is 0 Å². The van der Waals surface area contributed by atoms with E-state index in [4.69, 9.17) is 9.15 Å². The van der Waals surface area contributed by atoms with E-state index in [0.29, 0.717) is 11.5 Å². The predicted molar refractivity (Wildman–Crippen MR) is 93.9 cm³/mol. The first kappa shape index (κ1) is 14.6. The number of carbonyl (C=O) groups excluding carboxylic acids is 1. The zero-order valence-electron chi connectivity index (χ0n) is 13.6. The van der Waals surface area contributed by atoms with Gasteiger partial charge in [-0.1, -0.05) is 13.0 Å². The number of aldehydes is 1. The van der Waals surface area contributed by atoms with Crippen LogP contribution >= 0.6 is 0 Å². The first-order chi connectivity index (χ1) is 11.7. The number of furan rings is 1. The Morgan fingerprint density at radius 1 is 1.17 bits per heavy atom. The Balaban J connectivity index is 1.93. The van der Waals surface area contributed by atoms with Gasteiger partial charge in [-0.3, -0.25) is 4.79 Å². The summed E-state index contributed by atoms with van der Waals surface area (Å²) in [4.78, 5) is 11.7. The summed E-state index contributed by atoms with van der Waals surface area (Å²) in [5, 5.41) is 0.950. The van der Waals surface area contributed by atoms with E-state index in [0.717, 1.165) is 40.5 Å². The molecule has 0 fully saturated rings.